The van der Waals surface area contributed by atoms with Crippen LogP contribution in [-0.4, -0.2) is 44.7 Å². The molecule has 0 spiro atoms. The third-order valence-corrected chi connectivity index (χ3v) is 3.78. The van der Waals surface area contributed by atoms with Crippen LogP contribution in [0.15, 0.2) is 12.7 Å². The quantitative estimate of drug-likeness (QED) is 0.685. The minimum atomic E-state index is -2.98. The zero-order valence-electron chi connectivity index (χ0n) is 8.57. The van der Waals surface area contributed by atoms with E-state index in [0.29, 0.717) is 19.1 Å². The zero-order chi connectivity index (χ0) is 10.6. The van der Waals surface area contributed by atoms with Crippen molar-refractivity contribution < 1.29 is 8.42 Å². The van der Waals surface area contributed by atoms with Gasteiger partial charge in [0, 0.05) is 25.7 Å². The van der Waals surface area contributed by atoms with Crippen molar-refractivity contribution in [1.82, 2.24) is 9.62 Å². The van der Waals surface area contributed by atoms with Gasteiger partial charge in [-0.2, -0.15) is 0 Å². The summed E-state index contributed by atoms with van der Waals surface area (Å²) in [6.07, 6.45) is 4.87. The molecule has 1 fully saturated rings. The molecule has 0 saturated carbocycles. The molecule has 1 saturated heterocycles. The Kier molecular flexibility index (Phi) is 4.10. The number of nitrogens with one attached hydrogen (secondary N) is 1. The predicted molar refractivity (Wildman–Crippen MR) is 57.6 cm³/mol. The van der Waals surface area contributed by atoms with Gasteiger partial charge in [-0.15, -0.1) is 6.58 Å². The fourth-order valence-electron chi connectivity index (χ4n) is 1.64. The van der Waals surface area contributed by atoms with Crippen LogP contribution >= 0.6 is 0 Å². The van der Waals surface area contributed by atoms with Crippen LogP contribution in [0.3, 0.4) is 0 Å². The summed E-state index contributed by atoms with van der Waals surface area (Å²) < 4.78 is 23.9. The van der Waals surface area contributed by atoms with Crippen molar-refractivity contribution in [2.75, 3.05) is 25.9 Å². The molecule has 0 unspecified atom stereocenters. The number of hydrogen-bond donors (Lipinski definition) is 1. The normalized spacial score (nSPS) is 20.9. The molecule has 0 bridgehead atoms. The Labute approximate surface area is 86.0 Å². The fourth-order valence-corrected chi connectivity index (χ4v) is 2.52. The molecule has 1 rings (SSSR count). The summed E-state index contributed by atoms with van der Waals surface area (Å²) in [5.74, 6) is 0. The summed E-state index contributed by atoms with van der Waals surface area (Å²) >= 11 is 0. The molecule has 0 radical (unpaired) electrons. The first-order valence-corrected chi connectivity index (χ1v) is 6.68. The second kappa shape index (κ2) is 4.91. The van der Waals surface area contributed by atoms with Crippen LogP contribution < -0.4 is 5.32 Å². The lowest BCUT2D eigenvalue weighted by Gasteiger charge is -2.30. The Hall–Kier alpha value is -0.390. The summed E-state index contributed by atoms with van der Waals surface area (Å²) in [7, 11) is -2.98. The molecule has 1 heterocycles. The number of hydrogen-bond acceptors (Lipinski definition) is 3. The molecule has 0 aromatic carbocycles. The van der Waals surface area contributed by atoms with Crippen molar-refractivity contribution in [3.8, 4) is 0 Å². The maximum Gasteiger partial charge on any atom is 0.211 e. The van der Waals surface area contributed by atoms with E-state index < -0.39 is 10.0 Å². The van der Waals surface area contributed by atoms with E-state index in [0.717, 1.165) is 19.4 Å². The van der Waals surface area contributed by atoms with Crippen molar-refractivity contribution in [3.05, 3.63) is 12.7 Å². The Balaban J connectivity index is 2.35. The molecule has 0 atom stereocenters. The Morgan fingerprint density at radius 2 is 2.07 bits per heavy atom. The lowest BCUT2D eigenvalue weighted by Crippen LogP contribution is -2.44. The van der Waals surface area contributed by atoms with Gasteiger partial charge >= 0.3 is 0 Å². The Bertz CT molecular complexity index is 279. The highest BCUT2D eigenvalue weighted by Gasteiger charge is 2.23. The van der Waals surface area contributed by atoms with Crippen molar-refractivity contribution in [2.45, 2.75) is 18.9 Å². The minimum Gasteiger partial charge on any atom is -0.310 e. The van der Waals surface area contributed by atoms with E-state index in [1.807, 2.05) is 6.08 Å². The second-order valence-corrected chi connectivity index (χ2v) is 5.62. The molecular weight excluding hydrogens is 200 g/mol. The third-order valence-electron chi connectivity index (χ3n) is 2.47. The van der Waals surface area contributed by atoms with Gasteiger partial charge in [-0.25, -0.2) is 12.7 Å². The maximum absolute atomic E-state index is 11.2. The highest BCUT2D eigenvalue weighted by molar-refractivity contribution is 7.88. The molecule has 1 aliphatic rings. The molecule has 4 nitrogen and oxygen atoms in total. The maximum atomic E-state index is 11.2. The first-order chi connectivity index (χ1) is 6.54. The minimum absolute atomic E-state index is 0.436. The van der Waals surface area contributed by atoms with Crippen LogP contribution in [0.5, 0.6) is 0 Å². The van der Waals surface area contributed by atoms with Gasteiger partial charge in [0.15, 0.2) is 0 Å². The SMILES string of the molecule is C=CCNC1CCN(S(C)(=O)=O)CC1. The standard InChI is InChI=1S/C9H18N2O2S/c1-3-6-10-9-4-7-11(8-5-9)14(2,12)13/h3,9-10H,1,4-8H2,2H3. The molecule has 0 aromatic rings. The van der Waals surface area contributed by atoms with Gasteiger partial charge in [-0.1, -0.05) is 6.08 Å². The lowest BCUT2D eigenvalue weighted by atomic mass is 10.1. The van der Waals surface area contributed by atoms with Crippen LogP contribution in [0.25, 0.3) is 0 Å². The number of nitrogens with zero attached hydrogens (tertiary/aromatic N) is 1. The van der Waals surface area contributed by atoms with Crippen LogP contribution in [-0.2, 0) is 10.0 Å². The van der Waals surface area contributed by atoms with Crippen LogP contribution in [0.4, 0.5) is 0 Å². The molecule has 82 valence electrons. The highest BCUT2D eigenvalue weighted by Crippen LogP contribution is 2.12. The van der Waals surface area contributed by atoms with Crippen LogP contribution in [0, 0.1) is 0 Å². The number of sulfonamides is 1. The Morgan fingerprint density at radius 1 is 1.50 bits per heavy atom. The Morgan fingerprint density at radius 3 is 2.50 bits per heavy atom. The first-order valence-electron chi connectivity index (χ1n) is 4.83. The first kappa shape index (κ1) is 11.7. The molecule has 1 aliphatic heterocycles. The summed E-state index contributed by atoms with van der Waals surface area (Å²) in [5.41, 5.74) is 0. The van der Waals surface area contributed by atoms with E-state index in [9.17, 15) is 8.42 Å². The van der Waals surface area contributed by atoms with Gasteiger partial charge in [-0.05, 0) is 12.8 Å². The average Bonchev–Trinajstić information content (AvgIpc) is 2.14. The third kappa shape index (κ3) is 3.40. The lowest BCUT2D eigenvalue weighted by molar-refractivity contribution is 0.296. The predicted octanol–water partition coefficient (Wildman–Crippen LogP) is 0.186. The van der Waals surface area contributed by atoms with Crippen molar-refractivity contribution >= 4 is 10.0 Å². The van der Waals surface area contributed by atoms with Gasteiger partial charge in [0.1, 0.15) is 0 Å². The number of rotatable bonds is 4. The summed E-state index contributed by atoms with van der Waals surface area (Å²) in [5, 5.41) is 3.30. The topological polar surface area (TPSA) is 49.4 Å². The molecule has 0 aliphatic carbocycles. The van der Waals surface area contributed by atoms with Gasteiger partial charge < -0.3 is 5.32 Å². The highest BCUT2D eigenvalue weighted by atomic mass is 32.2. The average molecular weight is 218 g/mol. The van der Waals surface area contributed by atoms with Gasteiger partial charge in [0.25, 0.3) is 0 Å². The van der Waals surface area contributed by atoms with Crippen molar-refractivity contribution in [3.63, 3.8) is 0 Å². The van der Waals surface area contributed by atoms with Crippen molar-refractivity contribution in [1.29, 1.82) is 0 Å². The number of piperidine rings is 1. The second-order valence-electron chi connectivity index (χ2n) is 3.63. The van der Waals surface area contributed by atoms with Gasteiger partial charge in [0.05, 0.1) is 6.26 Å². The van der Waals surface area contributed by atoms with Gasteiger partial charge in [-0.3, -0.25) is 0 Å². The van der Waals surface area contributed by atoms with E-state index in [1.54, 1.807) is 4.31 Å². The molecule has 14 heavy (non-hydrogen) atoms. The largest absolute Gasteiger partial charge is 0.310 e. The molecule has 5 heteroatoms. The molecular formula is C9H18N2O2S. The zero-order valence-corrected chi connectivity index (χ0v) is 9.39. The van der Waals surface area contributed by atoms with E-state index >= 15 is 0 Å². The summed E-state index contributed by atoms with van der Waals surface area (Å²) in [6, 6.07) is 0.436. The fraction of sp³-hybridized carbons (Fsp3) is 0.778. The van der Waals surface area contributed by atoms with Crippen molar-refractivity contribution in [2.24, 2.45) is 0 Å². The molecule has 0 aromatic heterocycles. The summed E-state index contributed by atoms with van der Waals surface area (Å²) in [6.45, 7) is 5.69. The van der Waals surface area contributed by atoms with E-state index in [1.165, 1.54) is 6.26 Å². The van der Waals surface area contributed by atoms with E-state index in [4.69, 9.17) is 0 Å². The van der Waals surface area contributed by atoms with Crippen LogP contribution in [0.1, 0.15) is 12.8 Å². The van der Waals surface area contributed by atoms with Crippen LogP contribution in [0.2, 0.25) is 0 Å². The van der Waals surface area contributed by atoms with Gasteiger partial charge in [0.2, 0.25) is 10.0 Å². The molecule has 0 amide bonds. The van der Waals surface area contributed by atoms with E-state index in [-0.39, 0.29) is 0 Å². The monoisotopic (exact) mass is 218 g/mol. The summed E-state index contributed by atoms with van der Waals surface area (Å²) in [4.78, 5) is 0. The molecule has 1 N–H and O–H groups in total. The van der Waals surface area contributed by atoms with E-state index in [2.05, 4.69) is 11.9 Å². The smallest absolute Gasteiger partial charge is 0.211 e.